The lowest BCUT2D eigenvalue weighted by Gasteiger charge is -2.28. The van der Waals surface area contributed by atoms with Crippen LogP contribution in [0.25, 0.3) is 0 Å². The summed E-state index contributed by atoms with van der Waals surface area (Å²) in [6, 6.07) is -4.58. The Morgan fingerprint density at radius 1 is 0.361 bits per heavy atom. The fourth-order valence-electron chi connectivity index (χ4n) is 9.55. The van der Waals surface area contributed by atoms with Gasteiger partial charge in [0.05, 0.1) is 6.04 Å². The average Bonchev–Trinajstić information content (AvgIpc) is 0.904. The van der Waals surface area contributed by atoms with Crippen LogP contribution in [0.1, 0.15) is 136 Å². The van der Waals surface area contributed by atoms with Gasteiger partial charge in [-0.3, -0.25) is 68.1 Å². The molecule has 97 heavy (non-hydrogen) atoms. The van der Waals surface area contributed by atoms with Gasteiger partial charge in [0.1, 0.15) is 54.4 Å². The first-order chi connectivity index (χ1) is 45.7. The Morgan fingerprint density at radius 3 is 0.959 bits per heavy atom. The molecule has 37 heteroatoms. The largest absolute Gasteiger partial charge is 0.480 e. The molecule has 1 rings (SSSR count). The molecule has 37 nitrogen and oxygen atoms in total. The van der Waals surface area contributed by atoms with Crippen LogP contribution in [0.15, 0.2) is 55.3 Å². The Kier molecular flexibility index (Phi) is 41.4. The maximum atomic E-state index is 14.5. The van der Waals surface area contributed by atoms with Crippen LogP contribution in [-0.4, -0.2) is 194 Å². The molecule has 9 amide bonds. The molecule has 10 atom stereocenters. The second-order valence-corrected chi connectivity index (χ2v) is 24.1. The number of carbonyl (C=O) groups is 10. The first-order valence-corrected chi connectivity index (χ1v) is 32.5. The zero-order chi connectivity index (χ0) is 73.2. The molecular weight excluding hydrogens is 1260 g/mol. The molecule has 0 aliphatic carbocycles. The molecule has 546 valence electrons. The predicted octanol–water partition coefficient (Wildman–Crippen LogP) is -6.49. The molecule has 0 fully saturated rings. The van der Waals surface area contributed by atoms with Crippen LogP contribution in [0.4, 0.5) is 0 Å². The van der Waals surface area contributed by atoms with Gasteiger partial charge in [0.2, 0.25) is 53.2 Å². The Hall–Kier alpha value is -9.81. The second-order valence-electron chi connectivity index (χ2n) is 24.1. The van der Waals surface area contributed by atoms with Gasteiger partial charge in [0.25, 0.3) is 0 Å². The van der Waals surface area contributed by atoms with E-state index in [9.17, 15) is 53.1 Å². The minimum Gasteiger partial charge on any atom is -0.480 e. The van der Waals surface area contributed by atoms with Gasteiger partial charge in [-0.2, -0.15) is 0 Å². The van der Waals surface area contributed by atoms with Crippen LogP contribution in [-0.2, 0) is 54.4 Å². The van der Waals surface area contributed by atoms with Crippen LogP contribution in [0.5, 0.6) is 0 Å². The van der Waals surface area contributed by atoms with Crippen LogP contribution >= 0.6 is 0 Å². The number of unbranched alkanes of at least 4 members (excludes halogenated alkanes) is 1. The fourth-order valence-corrected chi connectivity index (χ4v) is 9.55. The van der Waals surface area contributed by atoms with E-state index < -0.39 is 120 Å². The Labute approximate surface area is 566 Å². The van der Waals surface area contributed by atoms with Gasteiger partial charge in [0, 0.05) is 39.1 Å². The zero-order valence-electron chi connectivity index (χ0n) is 56.6. The summed E-state index contributed by atoms with van der Waals surface area (Å²) in [6.07, 6.45) is 1.45. The van der Waals surface area contributed by atoms with Gasteiger partial charge >= 0.3 is 5.97 Å². The molecule has 0 unspecified atom stereocenters. The van der Waals surface area contributed by atoms with Gasteiger partial charge in [-0.1, -0.05) is 58.0 Å². The molecule has 34 N–H and O–H groups in total. The highest BCUT2D eigenvalue weighted by atomic mass is 16.4. The van der Waals surface area contributed by atoms with Crippen molar-refractivity contribution in [2.75, 3.05) is 39.3 Å². The van der Waals surface area contributed by atoms with Crippen molar-refractivity contribution in [2.45, 2.75) is 198 Å². The standard InChI is InChI=1S/C60H110N26O11/c1-33(2)30-43(53(94)83-42(23-15-29-77-60(71)72)52(93)85-44(31-34(3)4)54(95)86-45(55(96)97)32-36-16-7-6-8-17-36)84-46(87)35(5)78-48(89)38(19-9-10-24-61)80-50(91)40(21-13-27-75-58(67)68)82-51(92)41(22-14-28-76-59(69)70)81-49(90)39(20-12-26-74-57(65)66)79-47(88)37(62)18-11-25-73-56(63)64/h6-8,16-17,33-35,37-45H,9-15,18-32,61-62H2,1-5H3,(H,78,89)(H,79,88)(H,80,91)(H,81,90)(H,82,92)(H,83,94)(H,84,87)(H,85,93)(H,86,95)(H,96,97)(H4,63,64,73)(H4,65,66,74)(H4,67,68,75)(H4,69,70,76)(H4,71,72,77)/t35-,37-,38-,39-,40-,41+,42+,43-,44-,45+/m0/s1. The van der Waals surface area contributed by atoms with Crippen molar-refractivity contribution in [3.05, 3.63) is 35.9 Å². The normalized spacial score (nSPS) is 14.0. The third-order valence-electron chi connectivity index (χ3n) is 14.5. The monoisotopic (exact) mass is 1370 g/mol. The Bertz CT molecular complexity index is 2800. The smallest absolute Gasteiger partial charge is 0.326 e. The molecule has 0 spiro atoms. The lowest BCUT2D eigenvalue weighted by atomic mass is 10.00. The van der Waals surface area contributed by atoms with Crippen molar-refractivity contribution < 1.29 is 53.1 Å². The van der Waals surface area contributed by atoms with Crippen LogP contribution in [0.2, 0.25) is 0 Å². The van der Waals surface area contributed by atoms with E-state index in [-0.39, 0.29) is 164 Å². The number of benzene rings is 1. The molecule has 0 saturated heterocycles. The maximum absolute atomic E-state index is 14.5. The minimum absolute atomic E-state index is 0.00159. The van der Waals surface area contributed by atoms with Crippen LogP contribution in [0, 0.1) is 11.8 Å². The number of carboxylic acid groups (broad SMARTS) is 1. The van der Waals surface area contributed by atoms with Crippen LogP contribution in [0.3, 0.4) is 0 Å². The molecule has 1 aromatic carbocycles. The second kappa shape index (κ2) is 47.1. The number of amides is 9. The van der Waals surface area contributed by atoms with E-state index in [4.69, 9.17) is 68.8 Å². The lowest BCUT2D eigenvalue weighted by Crippen LogP contribution is -2.60. The van der Waals surface area contributed by atoms with E-state index in [0.29, 0.717) is 24.8 Å². The molecule has 0 radical (unpaired) electrons. The highest BCUT2D eigenvalue weighted by Crippen LogP contribution is 2.14. The van der Waals surface area contributed by atoms with Crippen molar-refractivity contribution in [3.8, 4) is 0 Å². The number of hydrogen-bond acceptors (Lipinski definition) is 17. The highest BCUT2D eigenvalue weighted by Gasteiger charge is 2.36. The first-order valence-electron chi connectivity index (χ1n) is 32.5. The first kappa shape index (κ1) is 85.2. The molecule has 0 aromatic heterocycles. The number of aliphatic carboxylic acids is 1. The number of aliphatic imine (C=N–C) groups is 5. The van der Waals surface area contributed by atoms with Crippen molar-refractivity contribution in [3.63, 3.8) is 0 Å². The number of nitrogens with one attached hydrogen (secondary N) is 9. The Balaban J connectivity index is 3.64. The summed E-state index contributed by atoms with van der Waals surface area (Å²) in [6.45, 7) is 9.02. The van der Waals surface area contributed by atoms with Crippen molar-refractivity contribution in [1.82, 2.24) is 47.9 Å². The third-order valence-corrected chi connectivity index (χ3v) is 14.5. The van der Waals surface area contributed by atoms with E-state index in [1.165, 1.54) is 6.92 Å². The number of nitrogens with two attached hydrogens (primary N) is 12. The van der Waals surface area contributed by atoms with Gasteiger partial charge in [-0.25, -0.2) is 4.79 Å². The summed E-state index contributed by atoms with van der Waals surface area (Å²) in [5.74, 6) is -10.1. The topological polar surface area (TPSA) is 673 Å². The summed E-state index contributed by atoms with van der Waals surface area (Å²) in [4.78, 5) is 160. The van der Waals surface area contributed by atoms with Gasteiger partial charge < -0.3 is 122 Å². The summed E-state index contributed by atoms with van der Waals surface area (Å²) < 4.78 is 0. The highest BCUT2D eigenvalue weighted by molar-refractivity contribution is 5.98. The van der Waals surface area contributed by atoms with Crippen molar-refractivity contribution in [2.24, 2.45) is 106 Å². The quantitative estimate of drug-likeness (QED) is 0.0164. The fraction of sp³-hybridized carbons (Fsp3) is 0.650. The van der Waals surface area contributed by atoms with Crippen LogP contribution < -0.4 is 117 Å². The molecule has 0 aliphatic rings. The minimum atomic E-state index is -1.43. The number of guanidine groups is 5. The maximum Gasteiger partial charge on any atom is 0.326 e. The van der Waals surface area contributed by atoms with E-state index >= 15 is 0 Å². The van der Waals surface area contributed by atoms with Gasteiger partial charge in [-0.15, -0.1) is 0 Å². The lowest BCUT2D eigenvalue weighted by molar-refractivity contribution is -0.142. The zero-order valence-corrected chi connectivity index (χ0v) is 56.6. The van der Waals surface area contributed by atoms with E-state index in [2.05, 4.69) is 72.8 Å². The van der Waals surface area contributed by atoms with Crippen molar-refractivity contribution in [1.29, 1.82) is 0 Å². The molecular formula is C60H110N26O11. The number of rotatable bonds is 49. The Morgan fingerprint density at radius 2 is 0.639 bits per heavy atom. The van der Waals surface area contributed by atoms with Crippen molar-refractivity contribution >= 4 is 88.9 Å². The van der Waals surface area contributed by atoms with Gasteiger partial charge in [0.15, 0.2) is 29.8 Å². The molecule has 0 saturated carbocycles. The molecule has 0 bridgehead atoms. The van der Waals surface area contributed by atoms with E-state index in [0.717, 1.165) is 0 Å². The van der Waals surface area contributed by atoms with Gasteiger partial charge in [-0.05, 0) is 127 Å². The molecule has 0 aliphatic heterocycles. The number of nitrogens with zero attached hydrogens (tertiary/aromatic N) is 5. The number of carbonyl (C=O) groups excluding carboxylic acids is 9. The summed E-state index contributed by atoms with van der Waals surface area (Å²) in [5, 5.41) is 33.9. The summed E-state index contributed by atoms with van der Waals surface area (Å²) in [7, 11) is 0. The summed E-state index contributed by atoms with van der Waals surface area (Å²) >= 11 is 0. The third kappa shape index (κ3) is 38.4. The summed E-state index contributed by atoms with van der Waals surface area (Å²) in [5.41, 5.74) is 67.8. The predicted molar refractivity (Wildman–Crippen MR) is 370 cm³/mol. The SMILES string of the molecule is CC(C)C[C@H](NC(=O)[C@H](C)NC(=O)[C@H](CCCCN)NC(=O)[C@H](CCCN=C(N)N)NC(=O)[C@@H](CCCN=C(N)N)NC(=O)[C@H](CCCN=C(N)N)NC(=O)[C@@H](N)CCCN=C(N)N)C(=O)N[C@H](CCCN=C(N)N)C(=O)N[C@@H](CC(C)C)C(=O)N[C@H](Cc1ccccc1)C(=O)O. The van der Waals surface area contributed by atoms with E-state index in [1.807, 2.05) is 0 Å². The molecule has 1 aromatic rings. The van der Waals surface area contributed by atoms with E-state index in [1.54, 1.807) is 58.0 Å². The number of carboxylic acids is 1. The average molecular weight is 1370 g/mol. The number of hydrogen-bond donors (Lipinski definition) is 22. The molecule has 0 heterocycles.